The lowest BCUT2D eigenvalue weighted by Crippen LogP contribution is -2.26. The second-order valence-corrected chi connectivity index (χ2v) is 5.18. The molecule has 1 atom stereocenters. The Balaban J connectivity index is 1.84. The molecule has 5 nitrogen and oxygen atoms in total. The molecule has 0 N–H and O–H groups in total. The van der Waals surface area contributed by atoms with Crippen molar-refractivity contribution in [2.45, 2.75) is 19.4 Å². The van der Waals surface area contributed by atoms with E-state index in [1.54, 1.807) is 7.11 Å². The summed E-state index contributed by atoms with van der Waals surface area (Å²) in [6.45, 7) is 0.804. The quantitative estimate of drug-likeness (QED) is 0.812. The molecule has 1 aliphatic heterocycles. The van der Waals surface area contributed by atoms with Gasteiger partial charge in [-0.1, -0.05) is 0 Å². The highest BCUT2D eigenvalue weighted by molar-refractivity contribution is 5.72. The van der Waals surface area contributed by atoms with Gasteiger partial charge in [0.1, 0.15) is 11.6 Å². The van der Waals surface area contributed by atoms with E-state index in [1.165, 1.54) is 7.11 Å². The van der Waals surface area contributed by atoms with E-state index in [0.29, 0.717) is 6.42 Å². The Morgan fingerprint density at radius 3 is 2.71 bits per heavy atom. The molecule has 0 aliphatic carbocycles. The van der Waals surface area contributed by atoms with Crippen molar-refractivity contribution >= 4 is 5.97 Å². The molecular weight excluding hydrogens is 268 g/mol. The molecule has 1 aliphatic rings. The normalized spacial score (nSPS) is 17.1. The minimum atomic E-state index is -0.143. The van der Waals surface area contributed by atoms with Crippen LogP contribution < -0.4 is 4.74 Å². The summed E-state index contributed by atoms with van der Waals surface area (Å²) in [5.41, 5.74) is 1.98. The van der Waals surface area contributed by atoms with Crippen molar-refractivity contribution in [3.63, 3.8) is 0 Å². The van der Waals surface area contributed by atoms with E-state index in [-0.39, 0.29) is 11.9 Å². The van der Waals surface area contributed by atoms with Crippen molar-refractivity contribution in [2.75, 3.05) is 14.2 Å². The Kier molecular flexibility index (Phi) is 3.64. The summed E-state index contributed by atoms with van der Waals surface area (Å²) < 4.78 is 12.1. The van der Waals surface area contributed by atoms with Gasteiger partial charge in [0, 0.05) is 24.7 Å². The van der Waals surface area contributed by atoms with Gasteiger partial charge in [0.25, 0.3) is 0 Å². The number of methoxy groups -OCH3 is 2. The molecule has 5 heteroatoms. The number of imidazole rings is 1. The van der Waals surface area contributed by atoms with Crippen LogP contribution in [-0.2, 0) is 22.5 Å². The Morgan fingerprint density at radius 1 is 1.29 bits per heavy atom. The maximum atomic E-state index is 11.7. The molecule has 1 aromatic carbocycles. The van der Waals surface area contributed by atoms with Crippen LogP contribution in [0, 0.1) is 5.92 Å². The highest BCUT2D eigenvalue weighted by atomic mass is 16.5. The van der Waals surface area contributed by atoms with Crippen molar-refractivity contribution in [3.05, 3.63) is 36.3 Å². The molecule has 3 rings (SSSR count). The number of aromatic nitrogens is 2. The zero-order valence-corrected chi connectivity index (χ0v) is 12.2. The van der Waals surface area contributed by atoms with E-state index in [9.17, 15) is 4.79 Å². The van der Waals surface area contributed by atoms with Crippen molar-refractivity contribution < 1.29 is 14.3 Å². The first-order valence-corrected chi connectivity index (χ1v) is 6.99. The Morgan fingerprint density at radius 2 is 2.05 bits per heavy atom. The smallest absolute Gasteiger partial charge is 0.309 e. The molecule has 2 heterocycles. The van der Waals surface area contributed by atoms with E-state index < -0.39 is 0 Å². The molecule has 0 fully saturated rings. The van der Waals surface area contributed by atoms with Crippen LogP contribution in [0.4, 0.5) is 0 Å². The standard InChI is InChI=1S/C16H18N2O3/c1-20-13-5-3-11(4-6-13)14-10-18-8-7-12(16(19)21-2)9-15(18)17-14/h3-6,10,12H,7-9H2,1-2H3. The number of esters is 1. The van der Waals surface area contributed by atoms with Gasteiger partial charge in [0.05, 0.1) is 25.8 Å². The van der Waals surface area contributed by atoms with Gasteiger partial charge in [-0.25, -0.2) is 4.98 Å². The highest BCUT2D eigenvalue weighted by Gasteiger charge is 2.27. The average Bonchev–Trinajstić information content (AvgIpc) is 2.97. The SMILES string of the molecule is COC(=O)C1CCn2cc(-c3ccc(OC)cc3)nc2C1. The van der Waals surface area contributed by atoms with Gasteiger partial charge in [0.2, 0.25) is 0 Å². The molecular formula is C16H18N2O3. The van der Waals surface area contributed by atoms with E-state index in [4.69, 9.17) is 9.47 Å². The molecule has 1 aromatic heterocycles. The lowest BCUT2D eigenvalue weighted by molar-refractivity contribution is -0.146. The number of carbonyl (C=O) groups is 1. The van der Waals surface area contributed by atoms with E-state index in [2.05, 4.69) is 9.55 Å². The lowest BCUT2D eigenvalue weighted by Gasteiger charge is -2.20. The average molecular weight is 286 g/mol. The lowest BCUT2D eigenvalue weighted by atomic mass is 9.98. The molecule has 0 amide bonds. The Bertz CT molecular complexity index is 646. The number of aryl methyl sites for hydroxylation is 1. The summed E-state index contributed by atoms with van der Waals surface area (Å²) in [4.78, 5) is 16.3. The molecule has 2 aromatic rings. The molecule has 0 saturated carbocycles. The summed E-state index contributed by atoms with van der Waals surface area (Å²) >= 11 is 0. The number of hydrogen-bond acceptors (Lipinski definition) is 4. The molecule has 0 saturated heterocycles. The Labute approximate surface area is 123 Å². The second kappa shape index (κ2) is 5.60. The first-order valence-electron chi connectivity index (χ1n) is 6.99. The fraction of sp³-hybridized carbons (Fsp3) is 0.375. The Hall–Kier alpha value is -2.30. The second-order valence-electron chi connectivity index (χ2n) is 5.18. The van der Waals surface area contributed by atoms with Crippen LogP contribution in [-0.4, -0.2) is 29.7 Å². The molecule has 0 bridgehead atoms. The third-order valence-electron chi connectivity index (χ3n) is 3.93. The van der Waals surface area contributed by atoms with Crippen molar-refractivity contribution in [2.24, 2.45) is 5.92 Å². The molecule has 21 heavy (non-hydrogen) atoms. The van der Waals surface area contributed by atoms with Crippen molar-refractivity contribution in [1.29, 1.82) is 0 Å². The van der Waals surface area contributed by atoms with Crippen LogP contribution in [0.1, 0.15) is 12.2 Å². The highest BCUT2D eigenvalue weighted by Crippen LogP contribution is 2.26. The van der Waals surface area contributed by atoms with Crippen LogP contribution in [0.5, 0.6) is 5.75 Å². The largest absolute Gasteiger partial charge is 0.497 e. The van der Waals surface area contributed by atoms with Gasteiger partial charge >= 0.3 is 5.97 Å². The van der Waals surface area contributed by atoms with E-state index in [0.717, 1.165) is 35.8 Å². The topological polar surface area (TPSA) is 53.4 Å². The van der Waals surface area contributed by atoms with Crippen LogP contribution in [0.25, 0.3) is 11.3 Å². The molecule has 0 radical (unpaired) electrons. The zero-order chi connectivity index (χ0) is 14.8. The van der Waals surface area contributed by atoms with Gasteiger partial charge in [-0.15, -0.1) is 0 Å². The summed E-state index contributed by atoms with van der Waals surface area (Å²) in [6.07, 6.45) is 3.49. The maximum Gasteiger partial charge on any atom is 0.309 e. The number of carbonyl (C=O) groups excluding carboxylic acids is 1. The summed E-state index contributed by atoms with van der Waals surface area (Å²) in [7, 11) is 3.09. The summed E-state index contributed by atoms with van der Waals surface area (Å²) in [5.74, 6) is 1.56. The summed E-state index contributed by atoms with van der Waals surface area (Å²) in [5, 5.41) is 0. The van der Waals surface area contributed by atoms with Crippen LogP contribution in [0.15, 0.2) is 30.5 Å². The minimum Gasteiger partial charge on any atom is -0.497 e. The number of ether oxygens (including phenoxy) is 2. The van der Waals surface area contributed by atoms with Crippen LogP contribution >= 0.6 is 0 Å². The fourth-order valence-corrected chi connectivity index (χ4v) is 2.70. The number of fused-ring (bicyclic) bond motifs is 1. The molecule has 0 spiro atoms. The third-order valence-corrected chi connectivity index (χ3v) is 3.93. The van der Waals surface area contributed by atoms with Crippen LogP contribution in [0.2, 0.25) is 0 Å². The molecule has 110 valence electrons. The van der Waals surface area contributed by atoms with Gasteiger partial charge in [0.15, 0.2) is 0 Å². The van der Waals surface area contributed by atoms with E-state index in [1.807, 2.05) is 30.5 Å². The van der Waals surface area contributed by atoms with Crippen molar-refractivity contribution in [1.82, 2.24) is 9.55 Å². The van der Waals surface area contributed by atoms with Crippen LogP contribution in [0.3, 0.4) is 0 Å². The van der Waals surface area contributed by atoms with Gasteiger partial charge in [-0.2, -0.15) is 0 Å². The summed E-state index contributed by atoms with van der Waals surface area (Å²) in [6, 6.07) is 7.83. The predicted octanol–water partition coefficient (Wildman–Crippen LogP) is 2.29. The van der Waals surface area contributed by atoms with Gasteiger partial charge < -0.3 is 14.0 Å². The van der Waals surface area contributed by atoms with Gasteiger partial charge in [-0.05, 0) is 30.7 Å². The maximum absolute atomic E-state index is 11.7. The number of hydrogen-bond donors (Lipinski definition) is 0. The first-order chi connectivity index (χ1) is 10.2. The molecule has 1 unspecified atom stereocenters. The van der Waals surface area contributed by atoms with Crippen molar-refractivity contribution in [3.8, 4) is 17.0 Å². The fourth-order valence-electron chi connectivity index (χ4n) is 2.70. The monoisotopic (exact) mass is 286 g/mol. The number of benzene rings is 1. The van der Waals surface area contributed by atoms with Gasteiger partial charge in [-0.3, -0.25) is 4.79 Å². The minimum absolute atomic E-state index is 0.0754. The predicted molar refractivity (Wildman–Crippen MR) is 78.0 cm³/mol. The zero-order valence-electron chi connectivity index (χ0n) is 12.2. The number of nitrogens with zero attached hydrogens (tertiary/aromatic N) is 2. The third kappa shape index (κ3) is 2.63. The van der Waals surface area contributed by atoms with E-state index >= 15 is 0 Å². The first kappa shape index (κ1) is 13.7. The number of rotatable bonds is 3.